The standard InChI is InChI=1S/C40H28N4/c1-2-10-32-31(9-1)39(29-19-15-27(16-20-29)35-25-43-23-7-5-13-37(43)41-35)33-11-3-4-12-34(33)40(32)30-21-17-28(18-22-30)36-26-44-24-8-6-14-38(44)42-36/h1-26,37,41H. The van der Waals surface area contributed by atoms with Gasteiger partial charge in [-0.15, -0.1) is 0 Å². The maximum atomic E-state index is 4.83. The Hall–Kier alpha value is -5.87. The number of hydrogen-bond donors (Lipinski definition) is 1. The molecule has 208 valence electrons. The third kappa shape index (κ3) is 3.96. The minimum Gasteiger partial charge on any atom is -0.360 e. The molecular formula is C40H28N4. The molecule has 5 aromatic carbocycles. The predicted molar refractivity (Wildman–Crippen MR) is 182 cm³/mol. The second-order valence-corrected chi connectivity index (χ2v) is 11.4. The van der Waals surface area contributed by atoms with Gasteiger partial charge in [-0.3, -0.25) is 0 Å². The van der Waals surface area contributed by atoms with E-state index in [9.17, 15) is 0 Å². The molecule has 0 fully saturated rings. The Morgan fingerprint density at radius 2 is 1.14 bits per heavy atom. The lowest BCUT2D eigenvalue weighted by Crippen LogP contribution is -2.31. The fourth-order valence-electron chi connectivity index (χ4n) is 6.71. The number of nitrogens with zero attached hydrogens (tertiary/aromatic N) is 3. The summed E-state index contributed by atoms with van der Waals surface area (Å²) in [6.45, 7) is 0. The number of aromatic nitrogens is 2. The molecule has 4 heteroatoms. The van der Waals surface area contributed by atoms with Gasteiger partial charge in [0.15, 0.2) is 0 Å². The van der Waals surface area contributed by atoms with Crippen molar-refractivity contribution in [1.29, 1.82) is 0 Å². The predicted octanol–water partition coefficient (Wildman–Crippen LogP) is 9.25. The van der Waals surface area contributed by atoms with Crippen molar-refractivity contribution in [2.24, 2.45) is 0 Å². The summed E-state index contributed by atoms with van der Waals surface area (Å²) in [4.78, 5) is 7.03. The van der Waals surface area contributed by atoms with E-state index in [0.29, 0.717) is 0 Å². The molecule has 2 aliphatic rings. The summed E-state index contributed by atoms with van der Waals surface area (Å²) in [6.07, 6.45) is 14.9. The van der Waals surface area contributed by atoms with Crippen LogP contribution < -0.4 is 5.32 Å². The summed E-state index contributed by atoms with van der Waals surface area (Å²) in [7, 11) is 0. The summed E-state index contributed by atoms with van der Waals surface area (Å²) < 4.78 is 2.07. The number of benzene rings is 5. The second kappa shape index (κ2) is 9.85. The highest BCUT2D eigenvalue weighted by atomic mass is 15.3. The maximum absolute atomic E-state index is 4.83. The highest BCUT2D eigenvalue weighted by Crippen LogP contribution is 2.44. The molecule has 1 atom stereocenters. The van der Waals surface area contributed by atoms with Gasteiger partial charge in [0.05, 0.1) is 11.4 Å². The first-order chi connectivity index (χ1) is 21.8. The lowest BCUT2D eigenvalue weighted by Gasteiger charge is -2.20. The zero-order valence-electron chi connectivity index (χ0n) is 23.9. The quantitative estimate of drug-likeness (QED) is 0.216. The van der Waals surface area contributed by atoms with Gasteiger partial charge in [-0.05, 0) is 73.6 Å². The van der Waals surface area contributed by atoms with Crippen molar-refractivity contribution in [3.05, 3.63) is 164 Å². The maximum Gasteiger partial charge on any atom is 0.137 e. The van der Waals surface area contributed by atoms with Crippen LogP contribution in [0.3, 0.4) is 0 Å². The normalized spacial score (nSPS) is 15.6. The average molecular weight is 565 g/mol. The van der Waals surface area contributed by atoms with Gasteiger partial charge in [-0.1, -0.05) is 109 Å². The molecule has 1 unspecified atom stereocenters. The molecule has 4 nitrogen and oxygen atoms in total. The molecule has 1 N–H and O–H groups in total. The first kappa shape index (κ1) is 24.7. The average Bonchev–Trinajstić information content (AvgIpc) is 3.72. The van der Waals surface area contributed by atoms with Gasteiger partial charge in [-0.2, -0.15) is 0 Å². The van der Waals surface area contributed by atoms with Gasteiger partial charge in [0.25, 0.3) is 0 Å². The topological polar surface area (TPSA) is 32.6 Å². The Morgan fingerprint density at radius 3 is 1.73 bits per heavy atom. The van der Waals surface area contributed by atoms with E-state index in [1.165, 1.54) is 49.4 Å². The molecule has 2 aromatic heterocycles. The molecule has 0 radical (unpaired) electrons. The van der Waals surface area contributed by atoms with E-state index >= 15 is 0 Å². The molecular weight excluding hydrogens is 536 g/mol. The van der Waals surface area contributed by atoms with Crippen molar-refractivity contribution >= 4 is 32.9 Å². The second-order valence-electron chi connectivity index (χ2n) is 11.4. The summed E-state index contributed by atoms with van der Waals surface area (Å²) >= 11 is 0. The number of hydrogen-bond acceptors (Lipinski definition) is 3. The minimum atomic E-state index is 0.184. The Bertz CT molecular complexity index is 2210. The zero-order valence-corrected chi connectivity index (χ0v) is 23.9. The molecule has 0 amide bonds. The van der Waals surface area contributed by atoms with Crippen molar-refractivity contribution in [3.63, 3.8) is 0 Å². The monoisotopic (exact) mass is 564 g/mol. The Morgan fingerprint density at radius 1 is 0.568 bits per heavy atom. The molecule has 44 heavy (non-hydrogen) atoms. The fraction of sp³-hybridized carbons (Fsp3) is 0.0250. The Balaban J connectivity index is 1.15. The van der Waals surface area contributed by atoms with E-state index in [1.807, 2.05) is 24.4 Å². The first-order valence-electron chi connectivity index (χ1n) is 15.0. The van der Waals surface area contributed by atoms with Crippen molar-refractivity contribution in [3.8, 4) is 33.5 Å². The van der Waals surface area contributed by atoms with Crippen molar-refractivity contribution in [2.45, 2.75) is 6.17 Å². The largest absolute Gasteiger partial charge is 0.360 e. The molecule has 2 aliphatic heterocycles. The van der Waals surface area contributed by atoms with Crippen LogP contribution in [0.25, 0.3) is 66.4 Å². The number of pyridine rings is 1. The molecule has 0 aliphatic carbocycles. The molecule has 0 saturated heterocycles. The minimum absolute atomic E-state index is 0.184. The van der Waals surface area contributed by atoms with E-state index in [-0.39, 0.29) is 6.17 Å². The first-order valence-corrected chi connectivity index (χ1v) is 15.0. The van der Waals surface area contributed by atoms with Gasteiger partial charge in [0, 0.05) is 30.4 Å². The molecule has 9 rings (SSSR count). The molecule has 0 bridgehead atoms. The van der Waals surface area contributed by atoms with E-state index in [0.717, 1.165) is 22.6 Å². The fourth-order valence-corrected chi connectivity index (χ4v) is 6.71. The number of rotatable bonds is 4. The molecule has 4 heterocycles. The lowest BCUT2D eigenvalue weighted by atomic mass is 9.85. The van der Waals surface area contributed by atoms with Crippen LogP contribution in [-0.4, -0.2) is 20.5 Å². The third-order valence-corrected chi connectivity index (χ3v) is 8.81. The van der Waals surface area contributed by atoms with Crippen LogP contribution in [0.1, 0.15) is 5.56 Å². The van der Waals surface area contributed by atoms with Crippen LogP contribution in [0, 0.1) is 0 Å². The molecule has 0 spiro atoms. The zero-order chi connectivity index (χ0) is 29.0. The smallest absolute Gasteiger partial charge is 0.137 e. The summed E-state index contributed by atoms with van der Waals surface area (Å²) in [5.41, 5.74) is 10.3. The van der Waals surface area contributed by atoms with Gasteiger partial charge in [0.2, 0.25) is 0 Å². The van der Waals surface area contributed by atoms with Gasteiger partial charge in [-0.25, -0.2) is 4.98 Å². The van der Waals surface area contributed by atoms with Crippen molar-refractivity contribution in [1.82, 2.24) is 19.6 Å². The summed E-state index contributed by atoms with van der Waals surface area (Å²) in [5, 5.41) is 8.63. The van der Waals surface area contributed by atoms with Gasteiger partial charge in [0.1, 0.15) is 11.8 Å². The highest BCUT2D eigenvalue weighted by molar-refractivity contribution is 6.21. The van der Waals surface area contributed by atoms with Crippen LogP contribution in [0.5, 0.6) is 0 Å². The van der Waals surface area contributed by atoms with Crippen molar-refractivity contribution < 1.29 is 0 Å². The van der Waals surface area contributed by atoms with Crippen molar-refractivity contribution in [2.75, 3.05) is 0 Å². The van der Waals surface area contributed by atoms with Crippen LogP contribution in [0.4, 0.5) is 0 Å². The van der Waals surface area contributed by atoms with Gasteiger partial charge < -0.3 is 14.6 Å². The number of imidazole rings is 1. The Labute approximate surface area is 255 Å². The van der Waals surface area contributed by atoms with E-state index < -0.39 is 0 Å². The highest BCUT2D eigenvalue weighted by Gasteiger charge is 2.22. The number of nitrogens with one attached hydrogen (secondary N) is 1. The number of fused-ring (bicyclic) bond motifs is 4. The van der Waals surface area contributed by atoms with Crippen LogP contribution in [-0.2, 0) is 0 Å². The summed E-state index contributed by atoms with van der Waals surface area (Å²) in [5.74, 6) is 0. The van der Waals surface area contributed by atoms with E-state index in [4.69, 9.17) is 4.98 Å². The number of allylic oxidation sites excluding steroid dienone is 2. The SMILES string of the molecule is C1=CC2NC(c3ccc(-c4c5ccccc5c(-c5ccc(-c6cn7ccccc7n6)cc5)c5ccccc45)cc3)=CN2C=C1. The molecule has 7 aromatic rings. The molecule has 0 saturated carbocycles. The van der Waals surface area contributed by atoms with Crippen LogP contribution in [0.2, 0.25) is 0 Å². The van der Waals surface area contributed by atoms with Gasteiger partial charge >= 0.3 is 0 Å². The van der Waals surface area contributed by atoms with Crippen LogP contribution in [0.15, 0.2) is 158 Å². The third-order valence-electron chi connectivity index (χ3n) is 8.81. The van der Waals surface area contributed by atoms with Crippen LogP contribution >= 0.6 is 0 Å². The Kier molecular flexibility index (Phi) is 5.53. The van der Waals surface area contributed by atoms with E-state index in [2.05, 4.69) is 149 Å². The summed E-state index contributed by atoms with van der Waals surface area (Å²) in [6, 6.07) is 41.6. The van der Waals surface area contributed by atoms with E-state index in [1.54, 1.807) is 0 Å². The lowest BCUT2D eigenvalue weighted by molar-refractivity contribution is 0.427.